The van der Waals surface area contributed by atoms with Crippen molar-refractivity contribution < 1.29 is 22.7 Å². The van der Waals surface area contributed by atoms with Crippen molar-refractivity contribution in [3.8, 4) is 0 Å². The molecule has 1 aliphatic heterocycles. The van der Waals surface area contributed by atoms with E-state index in [1.54, 1.807) is 20.8 Å². The summed E-state index contributed by atoms with van der Waals surface area (Å²) in [6, 6.07) is 3.93. The lowest BCUT2D eigenvalue weighted by Gasteiger charge is -2.17. The zero-order chi connectivity index (χ0) is 18.8. The van der Waals surface area contributed by atoms with Crippen LogP contribution in [0, 0.1) is 5.41 Å². The number of carbonyl (C=O) groups excluding carboxylic acids is 2. The molecule has 6 nitrogen and oxygen atoms in total. The minimum absolute atomic E-state index is 0.00658. The molecule has 25 heavy (non-hydrogen) atoms. The lowest BCUT2D eigenvalue weighted by atomic mass is 9.91. The van der Waals surface area contributed by atoms with Gasteiger partial charge in [0.1, 0.15) is 0 Å². The maximum atomic E-state index is 12.6. The van der Waals surface area contributed by atoms with Crippen LogP contribution in [0.2, 0.25) is 5.02 Å². The summed E-state index contributed by atoms with van der Waals surface area (Å²) in [6.07, 6.45) is 1.63. The summed E-state index contributed by atoms with van der Waals surface area (Å²) in [7, 11) is -3.67. The Kier molecular flexibility index (Phi) is 5.91. The summed E-state index contributed by atoms with van der Waals surface area (Å²) < 4.78 is 31.6. The lowest BCUT2D eigenvalue weighted by Crippen LogP contribution is -2.28. The third kappa shape index (κ3) is 4.59. The van der Waals surface area contributed by atoms with E-state index in [2.05, 4.69) is 0 Å². The van der Waals surface area contributed by atoms with Crippen molar-refractivity contribution in [2.45, 2.75) is 38.5 Å². The largest absolute Gasteiger partial charge is 0.454 e. The van der Waals surface area contributed by atoms with Gasteiger partial charge in [-0.25, -0.2) is 13.2 Å². The predicted octanol–water partition coefficient (Wildman–Crippen LogP) is 2.90. The topological polar surface area (TPSA) is 80.8 Å². The van der Waals surface area contributed by atoms with Crippen LogP contribution in [0.5, 0.6) is 0 Å². The van der Waals surface area contributed by atoms with E-state index in [4.69, 9.17) is 16.3 Å². The van der Waals surface area contributed by atoms with Crippen LogP contribution < -0.4 is 0 Å². The second-order valence-electron chi connectivity index (χ2n) is 7.00. The lowest BCUT2D eigenvalue weighted by molar-refractivity contribution is -0.129. The molecule has 8 heteroatoms. The van der Waals surface area contributed by atoms with Crippen molar-refractivity contribution in [3.63, 3.8) is 0 Å². The van der Waals surface area contributed by atoms with E-state index in [-0.39, 0.29) is 27.9 Å². The monoisotopic (exact) mass is 387 g/mol. The van der Waals surface area contributed by atoms with Crippen molar-refractivity contribution >= 4 is 33.4 Å². The number of hydrogen-bond donors (Lipinski definition) is 0. The highest BCUT2D eigenvalue weighted by atomic mass is 35.5. The Balaban J connectivity index is 2.21. The number of Topliss-reactive ketones (excluding diaryl/α,β-unsaturated/α-hetero) is 1. The van der Waals surface area contributed by atoms with Crippen LogP contribution >= 0.6 is 11.6 Å². The smallest absolute Gasteiger partial charge is 0.340 e. The highest BCUT2D eigenvalue weighted by Gasteiger charge is 2.29. The van der Waals surface area contributed by atoms with Gasteiger partial charge in [0, 0.05) is 18.5 Å². The summed E-state index contributed by atoms with van der Waals surface area (Å²) in [6.45, 7) is 5.70. The van der Waals surface area contributed by atoms with E-state index in [0.29, 0.717) is 13.1 Å². The maximum absolute atomic E-state index is 12.6. The third-order valence-electron chi connectivity index (χ3n) is 4.03. The van der Waals surface area contributed by atoms with E-state index < -0.39 is 21.4 Å². The molecule has 0 bridgehead atoms. The van der Waals surface area contributed by atoms with Crippen molar-refractivity contribution in [2.24, 2.45) is 5.41 Å². The summed E-state index contributed by atoms with van der Waals surface area (Å²) >= 11 is 6.01. The number of sulfonamides is 1. The predicted molar refractivity (Wildman–Crippen MR) is 94.2 cm³/mol. The van der Waals surface area contributed by atoms with Gasteiger partial charge in [-0.15, -0.1) is 0 Å². The number of ether oxygens (including phenoxy) is 1. The molecule has 1 aromatic carbocycles. The second kappa shape index (κ2) is 7.43. The Morgan fingerprint density at radius 3 is 2.36 bits per heavy atom. The van der Waals surface area contributed by atoms with Crippen LogP contribution in [0.25, 0.3) is 0 Å². The Morgan fingerprint density at radius 1 is 1.20 bits per heavy atom. The number of carbonyl (C=O) groups is 2. The molecule has 1 saturated heterocycles. The highest BCUT2D eigenvalue weighted by Crippen LogP contribution is 2.26. The molecular formula is C17H22ClNO5S. The normalized spacial score (nSPS) is 16.0. The average molecular weight is 388 g/mol. The number of esters is 1. The van der Waals surface area contributed by atoms with Crippen molar-refractivity contribution in [1.82, 2.24) is 4.31 Å². The molecule has 0 radical (unpaired) electrons. The number of nitrogens with zero attached hydrogens (tertiary/aromatic N) is 1. The van der Waals surface area contributed by atoms with Crippen LogP contribution in [-0.4, -0.2) is 44.2 Å². The van der Waals surface area contributed by atoms with Gasteiger partial charge in [-0.1, -0.05) is 32.4 Å². The summed E-state index contributed by atoms with van der Waals surface area (Å²) in [5, 5.41) is 0.0774. The first kappa shape index (κ1) is 19.9. The molecule has 0 N–H and O–H groups in total. The van der Waals surface area contributed by atoms with Gasteiger partial charge in [-0.3, -0.25) is 4.79 Å². The van der Waals surface area contributed by atoms with Gasteiger partial charge in [0.15, 0.2) is 12.4 Å². The first-order valence-electron chi connectivity index (χ1n) is 8.03. The number of rotatable bonds is 5. The van der Waals surface area contributed by atoms with Crippen LogP contribution in [0.15, 0.2) is 23.1 Å². The zero-order valence-corrected chi connectivity index (χ0v) is 16.1. The molecule has 1 fully saturated rings. The van der Waals surface area contributed by atoms with E-state index >= 15 is 0 Å². The second-order valence-corrected chi connectivity index (χ2v) is 9.35. The fourth-order valence-corrected chi connectivity index (χ4v) is 4.06. The zero-order valence-electron chi connectivity index (χ0n) is 14.5. The fourth-order valence-electron chi connectivity index (χ4n) is 2.32. The van der Waals surface area contributed by atoms with Crippen molar-refractivity contribution in [3.05, 3.63) is 28.8 Å². The molecule has 0 unspecified atom stereocenters. The molecule has 0 spiro atoms. The van der Waals surface area contributed by atoms with Crippen molar-refractivity contribution in [2.75, 3.05) is 19.7 Å². The third-order valence-corrected chi connectivity index (χ3v) is 6.26. The molecule has 2 rings (SSSR count). The quantitative estimate of drug-likeness (QED) is 0.725. The fraction of sp³-hybridized carbons (Fsp3) is 0.529. The summed E-state index contributed by atoms with van der Waals surface area (Å²) in [4.78, 5) is 24.1. The molecule has 1 heterocycles. The van der Waals surface area contributed by atoms with E-state index in [9.17, 15) is 18.0 Å². The number of hydrogen-bond acceptors (Lipinski definition) is 5. The molecule has 0 atom stereocenters. The van der Waals surface area contributed by atoms with Crippen LogP contribution in [-0.2, 0) is 19.6 Å². The Morgan fingerprint density at radius 2 is 1.80 bits per heavy atom. The van der Waals surface area contributed by atoms with Gasteiger partial charge in [0.25, 0.3) is 0 Å². The number of benzene rings is 1. The Bertz CT molecular complexity index is 777. The maximum Gasteiger partial charge on any atom is 0.340 e. The molecule has 138 valence electrons. The highest BCUT2D eigenvalue weighted by molar-refractivity contribution is 7.89. The minimum Gasteiger partial charge on any atom is -0.454 e. The van der Waals surface area contributed by atoms with Crippen molar-refractivity contribution in [1.29, 1.82) is 0 Å². The van der Waals surface area contributed by atoms with E-state index in [1.165, 1.54) is 22.5 Å². The van der Waals surface area contributed by atoms with Gasteiger partial charge in [0.2, 0.25) is 10.0 Å². The van der Waals surface area contributed by atoms with Gasteiger partial charge in [0.05, 0.1) is 15.5 Å². The minimum atomic E-state index is -3.67. The molecule has 0 aliphatic carbocycles. The Hall–Kier alpha value is -1.44. The first-order chi connectivity index (χ1) is 11.5. The van der Waals surface area contributed by atoms with Crippen LogP contribution in [0.3, 0.4) is 0 Å². The first-order valence-corrected chi connectivity index (χ1v) is 9.85. The van der Waals surface area contributed by atoms with Crippen LogP contribution in [0.4, 0.5) is 0 Å². The Labute approximate surface area is 153 Å². The SMILES string of the molecule is CC(C)(C)C(=O)COC(=O)c1cc(S(=O)(=O)N2CCCC2)ccc1Cl. The van der Waals surface area contributed by atoms with Gasteiger partial charge in [-0.05, 0) is 31.0 Å². The number of ketones is 1. The standard InChI is InChI=1S/C17H22ClNO5S/c1-17(2,3)15(20)11-24-16(21)13-10-12(6-7-14(13)18)25(22,23)19-8-4-5-9-19/h6-7,10H,4-5,8-9,11H2,1-3H3. The molecule has 0 amide bonds. The molecular weight excluding hydrogens is 366 g/mol. The van der Waals surface area contributed by atoms with E-state index in [0.717, 1.165) is 12.8 Å². The summed E-state index contributed by atoms with van der Waals surface area (Å²) in [5.74, 6) is -1.06. The molecule has 1 aromatic rings. The average Bonchev–Trinajstić information content (AvgIpc) is 3.06. The van der Waals surface area contributed by atoms with Gasteiger partial charge in [-0.2, -0.15) is 4.31 Å². The number of halogens is 1. The molecule has 1 aliphatic rings. The van der Waals surface area contributed by atoms with Gasteiger partial charge < -0.3 is 4.74 Å². The van der Waals surface area contributed by atoms with Gasteiger partial charge >= 0.3 is 5.97 Å². The molecule has 0 aromatic heterocycles. The molecule has 0 saturated carbocycles. The summed E-state index contributed by atoms with van der Waals surface area (Å²) in [5.41, 5.74) is -0.700. The van der Waals surface area contributed by atoms with Crippen LogP contribution in [0.1, 0.15) is 44.0 Å². The van der Waals surface area contributed by atoms with E-state index in [1.807, 2.05) is 0 Å².